The number of carbonyl (C=O) groups is 3. The number of furan rings is 1. The van der Waals surface area contributed by atoms with Crippen molar-refractivity contribution >= 4 is 34.9 Å². The highest BCUT2D eigenvalue weighted by Crippen LogP contribution is 2.30. The number of anilines is 1. The molecule has 1 aromatic heterocycles. The first kappa shape index (κ1) is 24.3. The number of amides is 2. The monoisotopic (exact) mass is 490 g/mol. The van der Waals surface area contributed by atoms with Gasteiger partial charge < -0.3 is 14.5 Å². The van der Waals surface area contributed by atoms with E-state index in [2.05, 4.69) is 15.8 Å². The molecule has 11 heteroatoms. The third kappa shape index (κ3) is 4.85. The lowest BCUT2D eigenvalue weighted by molar-refractivity contribution is -0.384. The minimum atomic E-state index is -0.584. The Morgan fingerprint density at radius 1 is 1.06 bits per heavy atom. The van der Waals surface area contributed by atoms with Gasteiger partial charge in [-0.25, -0.2) is 10.2 Å². The van der Waals surface area contributed by atoms with Gasteiger partial charge in [-0.3, -0.25) is 19.7 Å². The van der Waals surface area contributed by atoms with E-state index in [0.29, 0.717) is 41.9 Å². The van der Waals surface area contributed by atoms with E-state index < -0.39 is 22.7 Å². The zero-order valence-electron chi connectivity index (χ0n) is 19.5. The number of carbonyl (C=O) groups excluding carboxylic acids is 3. The van der Waals surface area contributed by atoms with Crippen molar-refractivity contribution in [2.24, 2.45) is 5.10 Å². The van der Waals surface area contributed by atoms with Crippen molar-refractivity contribution in [1.29, 1.82) is 0 Å². The summed E-state index contributed by atoms with van der Waals surface area (Å²) in [7, 11) is 1.26. The number of rotatable bonds is 6. The van der Waals surface area contributed by atoms with Crippen LogP contribution in [0.4, 0.5) is 11.4 Å². The predicted molar refractivity (Wildman–Crippen MR) is 129 cm³/mol. The molecule has 36 heavy (non-hydrogen) atoms. The maximum atomic E-state index is 13.0. The maximum absolute atomic E-state index is 13.0. The summed E-state index contributed by atoms with van der Waals surface area (Å²) in [5.74, 6) is -0.987. The summed E-state index contributed by atoms with van der Waals surface area (Å²) in [4.78, 5) is 47.8. The Bertz CT molecular complexity index is 1390. The molecule has 0 aliphatic heterocycles. The van der Waals surface area contributed by atoms with Crippen LogP contribution in [0.25, 0.3) is 0 Å². The van der Waals surface area contributed by atoms with Crippen LogP contribution in [0, 0.1) is 17.0 Å². The van der Waals surface area contributed by atoms with Gasteiger partial charge in [0.2, 0.25) is 0 Å². The van der Waals surface area contributed by atoms with Gasteiger partial charge >= 0.3 is 5.97 Å². The molecule has 0 atom stereocenters. The molecule has 2 amide bonds. The molecule has 1 aliphatic carbocycles. The lowest BCUT2D eigenvalue weighted by atomic mass is 9.93. The number of non-ortho nitro benzene ring substituents is 1. The second-order valence-corrected chi connectivity index (χ2v) is 8.00. The zero-order chi connectivity index (χ0) is 25.8. The van der Waals surface area contributed by atoms with Gasteiger partial charge in [0.25, 0.3) is 17.5 Å². The number of nitrogens with one attached hydrogen (secondary N) is 2. The van der Waals surface area contributed by atoms with Crippen LogP contribution >= 0.6 is 0 Å². The SMILES string of the molecule is COC(=O)c1ccccc1NC(=O)c1oc2c(c1C)/C(=N/NC(=O)c1ccc([N+](=O)[O-])cc1)CCC2. The Kier molecular flexibility index (Phi) is 6.91. The van der Waals surface area contributed by atoms with Crippen molar-refractivity contribution in [2.75, 3.05) is 12.4 Å². The molecule has 0 unspecified atom stereocenters. The lowest BCUT2D eigenvalue weighted by Gasteiger charge is -2.13. The molecule has 0 fully saturated rings. The van der Waals surface area contributed by atoms with Crippen LogP contribution in [0.3, 0.4) is 0 Å². The van der Waals surface area contributed by atoms with Crippen LogP contribution in [-0.4, -0.2) is 35.5 Å². The number of methoxy groups -OCH3 is 1. The first-order chi connectivity index (χ1) is 17.3. The molecular formula is C25H22N4O7. The molecule has 4 rings (SSSR count). The van der Waals surface area contributed by atoms with Crippen molar-refractivity contribution < 1.29 is 28.5 Å². The molecule has 184 valence electrons. The molecule has 2 N–H and O–H groups in total. The van der Waals surface area contributed by atoms with Gasteiger partial charge in [-0.05, 0) is 44.0 Å². The number of fused-ring (bicyclic) bond motifs is 1. The smallest absolute Gasteiger partial charge is 0.339 e. The van der Waals surface area contributed by atoms with Crippen LogP contribution in [-0.2, 0) is 11.2 Å². The Labute approximate surface area is 205 Å². The molecule has 0 saturated heterocycles. The van der Waals surface area contributed by atoms with Crippen LogP contribution in [0.1, 0.15) is 61.0 Å². The first-order valence-electron chi connectivity index (χ1n) is 11.0. The fourth-order valence-electron chi connectivity index (χ4n) is 3.97. The number of ether oxygens (including phenoxy) is 1. The van der Waals surface area contributed by atoms with Gasteiger partial charge in [0, 0.05) is 35.2 Å². The van der Waals surface area contributed by atoms with Crippen molar-refractivity contribution in [3.05, 3.63) is 92.4 Å². The van der Waals surface area contributed by atoms with E-state index in [0.717, 1.165) is 0 Å². The van der Waals surface area contributed by atoms with Crippen LogP contribution in [0.5, 0.6) is 0 Å². The summed E-state index contributed by atoms with van der Waals surface area (Å²) in [6.07, 6.45) is 1.86. The summed E-state index contributed by atoms with van der Waals surface area (Å²) >= 11 is 0. The fraction of sp³-hybridized carbons (Fsp3) is 0.200. The highest BCUT2D eigenvalue weighted by Gasteiger charge is 2.28. The summed E-state index contributed by atoms with van der Waals surface area (Å²) in [6, 6.07) is 11.6. The quantitative estimate of drug-likeness (QED) is 0.301. The number of para-hydroxylation sites is 1. The fourth-order valence-corrected chi connectivity index (χ4v) is 3.97. The number of hydrogen-bond acceptors (Lipinski definition) is 8. The Morgan fingerprint density at radius 3 is 2.47 bits per heavy atom. The van der Waals surface area contributed by atoms with Gasteiger partial charge in [-0.2, -0.15) is 5.10 Å². The number of esters is 1. The molecule has 0 spiro atoms. The van der Waals surface area contributed by atoms with Gasteiger partial charge in [-0.15, -0.1) is 0 Å². The average molecular weight is 490 g/mol. The van der Waals surface area contributed by atoms with E-state index in [1.807, 2.05) is 0 Å². The summed E-state index contributed by atoms with van der Waals surface area (Å²) in [5.41, 5.74) is 4.83. The summed E-state index contributed by atoms with van der Waals surface area (Å²) in [6.45, 7) is 1.72. The highest BCUT2D eigenvalue weighted by molar-refractivity contribution is 6.11. The molecule has 0 radical (unpaired) electrons. The van der Waals surface area contributed by atoms with E-state index >= 15 is 0 Å². The number of aryl methyl sites for hydroxylation is 1. The van der Waals surface area contributed by atoms with Crippen molar-refractivity contribution in [1.82, 2.24) is 5.43 Å². The van der Waals surface area contributed by atoms with Crippen LogP contribution in [0.15, 0.2) is 58.0 Å². The maximum Gasteiger partial charge on any atom is 0.339 e. The second kappa shape index (κ2) is 10.2. The van der Waals surface area contributed by atoms with Gasteiger partial charge in [-0.1, -0.05) is 12.1 Å². The molecule has 0 bridgehead atoms. The number of benzene rings is 2. The third-order valence-corrected chi connectivity index (χ3v) is 5.75. The van der Waals surface area contributed by atoms with Crippen molar-refractivity contribution in [3.63, 3.8) is 0 Å². The third-order valence-electron chi connectivity index (χ3n) is 5.75. The summed E-state index contributed by atoms with van der Waals surface area (Å²) < 4.78 is 10.6. The molecule has 3 aromatic rings. The minimum absolute atomic E-state index is 0.0796. The molecule has 1 heterocycles. The Morgan fingerprint density at radius 2 is 1.78 bits per heavy atom. The number of nitro benzene ring substituents is 1. The number of nitrogens with zero attached hydrogens (tertiary/aromatic N) is 2. The normalized spacial score (nSPS) is 13.6. The van der Waals surface area contributed by atoms with Crippen LogP contribution in [0.2, 0.25) is 0 Å². The molecule has 1 aliphatic rings. The van der Waals surface area contributed by atoms with Crippen molar-refractivity contribution in [3.8, 4) is 0 Å². The predicted octanol–water partition coefficient (Wildman–Crippen LogP) is 4.01. The highest BCUT2D eigenvalue weighted by atomic mass is 16.6. The standard InChI is InChI=1S/C25H22N4O7/c1-14-21-19(27-28-23(30)15-10-12-16(13-11-15)29(33)34)8-5-9-20(21)36-22(14)24(31)26-18-7-4-3-6-17(18)25(32)35-2/h3-4,6-7,10-13H,5,8-9H2,1-2H3,(H,26,31)(H,28,30)/b27-19+. The lowest BCUT2D eigenvalue weighted by Crippen LogP contribution is -2.22. The van der Waals surface area contributed by atoms with E-state index in [1.165, 1.54) is 31.4 Å². The topological polar surface area (TPSA) is 153 Å². The Balaban J connectivity index is 1.55. The molecule has 11 nitrogen and oxygen atoms in total. The van der Waals surface area contributed by atoms with Gasteiger partial charge in [0.15, 0.2) is 5.76 Å². The number of hydrazone groups is 1. The molecule has 2 aromatic carbocycles. The van der Waals surface area contributed by atoms with E-state index in [9.17, 15) is 24.5 Å². The number of hydrogen-bond donors (Lipinski definition) is 2. The minimum Gasteiger partial charge on any atom is -0.465 e. The average Bonchev–Trinajstić information content (AvgIpc) is 3.24. The first-order valence-corrected chi connectivity index (χ1v) is 11.0. The Hall–Kier alpha value is -4.80. The van der Waals surface area contributed by atoms with E-state index in [-0.39, 0.29) is 28.3 Å². The zero-order valence-corrected chi connectivity index (χ0v) is 19.5. The molecular weight excluding hydrogens is 468 g/mol. The van der Waals surface area contributed by atoms with Crippen LogP contribution < -0.4 is 10.7 Å². The van der Waals surface area contributed by atoms with Gasteiger partial charge in [0.1, 0.15) is 5.76 Å². The van der Waals surface area contributed by atoms with E-state index in [4.69, 9.17) is 9.15 Å². The van der Waals surface area contributed by atoms with Gasteiger partial charge in [0.05, 0.1) is 29.0 Å². The number of nitro groups is 1. The second-order valence-electron chi connectivity index (χ2n) is 8.00. The van der Waals surface area contributed by atoms with Crippen molar-refractivity contribution in [2.45, 2.75) is 26.2 Å². The largest absolute Gasteiger partial charge is 0.465 e. The summed E-state index contributed by atoms with van der Waals surface area (Å²) in [5, 5.41) is 17.8. The molecule has 0 saturated carbocycles. The van der Waals surface area contributed by atoms with E-state index in [1.54, 1.807) is 31.2 Å².